The van der Waals surface area contributed by atoms with Crippen molar-refractivity contribution in [3.63, 3.8) is 0 Å². The average Bonchev–Trinajstić information content (AvgIpc) is 2.83. The second-order valence-corrected chi connectivity index (χ2v) is 4.52. The first-order valence-electron chi connectivity index (χ1n) is 5.48. The van der Waals surface area contributed by atoms with Gasteiger partial charge in [0, 0.05) is 7.05 Å². The molecule has 0 aliphatic carbocycles. The van der Waals surface area contributed by atoms with Gasteiger partial charge in [-0.2, -0.15) is 5.10 Å². The molecule has 1 aromatic heterocycles. The van der Waals surface area contributed by atoms with Crippen LogP contribution in [-0.4, -0.2) is 38.1 Å². The Bertz CT molecular complexity index is 568. The standard InChI is InChI=1S/C11H12N6OS/c1-17-11(14-15-16-17)19-8-10(18)13-12-7-9-5-3-2-4-6-9/h2-7H,8H2,1H3,(H,13,18)/b12-7+. The fourth-order valence-electron chi connectivity index (χ4n) is 1.22. The summed E-state index contributed by atoms with van der Waals surface area (Å²) in [6.45, 7) is 0. The Kier molecular flexibility index (Phi) is 4.62. The Morgan fingerprint density at radius 3 is 2.95 bits per heavy atom. The lowest BCUT2D eigenvalue weighted by molar-refractivity contribution is -0.118. The maximum Gasteiger partial charge on any atom is 0.250 e. The molecule has 8 heteroatoms. The number of rotatable bonds is 5. The van der Waals surface area contributed by atoms with Crippen LogP contribution in [0.3, 0.4) is 0 Å². The van der Waals surface area contributed by atoms with Crippen molar-refractivity contribution in [1.82, 2.24) is 25.6 Å². The van der Waals surface area contributed by atoms with E-state index < -0.39 is 0 Å². The quantitative estimate of drug-likeness (QED) is 0.487. The molecule has 0 atom stereocenters. The number of thioether (sulfide) groups is 1. The van der Waals surface area contributed by atoms with E-state index in [0.717, 1.165) is 5.56 Å². The van der Waals surface area contributed by atoms with Gasteiger partial charge in [0.05, 0.1) is 12.0 Å². The number of hydrogen-bond donors (Lipinski definition) is 1. The van der Waals surface area contributed by atoms with Gasteiger partial charge in [0.25, 0.3) is 5.91 Å². The van der Waals surface area contributed by atoms with E-state index >= 15 is 0 Å². The lowest BCUT2D eigenvalue weighted by atomic mass is 10.2. The smallest absolute Gasteiger partial charge is 0.250 e. The molecule has 19 heavy (non-hydrogen) atoms. The van der Waals surface area contributed by atoms with Gasteiger partial charge >= 0.3 is 0 Å². The number of amides is 1. The zero-order valence-corrected chi connectivity index (χ0v) is 11.0. The van der Waals surface area contributed by atoms with E-state index in [2.05, 4.69) is 26.1 Å². The fourth-order valence-corrected chi connectivity index (χ4v) is 1.87. The summed E-state index contributed by atoms with van der Waals surface area (Å²) in [7, 11) is 1.72. The van der Waals surface area contributed by atoms with E-state index in [1.54, 1.807) is 13.3 Å². The summed E-state index contributed by atoms with van der Waals surface area (Å²) in [5.74, 6) is 0.000508. The van der Waals surface area contributed by atoms with E-state index in [4.69, 9.17) is 0 Å². The van der Waals surface area contributed by atoms with Gasteiger partial charge in [0.1, 0.15) is 0 Å². The summed E-state index contributed by atoms with van der Waals surface area (Å²) >= 11 is 1.25. The van der Waals surface area contributed by atoms with Gasteiger partial charge in [-0.25, -0.2) is 10.1 Å². The summed E-state index contributed by atoms with van der Waals surface area (Å²) in [5, 5.41) is 15.4. The zero-order valence-electron chi connectivity index (χ0n) is 10.2. The predicted molar refractivity (Wildman–Crippen MR) is 71.7 cm³/mol. The van der Waals surface area contributed by atoms with E-state index in [0.29, 0.717) is 5.16 Å². The number of benzene rings is 1. The highest BCUT2D eigenvalue weighted by Gasteiger charge is 2.06. The van der Waals surface area contributed by atoms with Crippen molar-refractivity contribution < 1.29 is 4.79 Å². The van der Waals surface area contributed by atoms with Crippen molar-refractivity contribution in [2.24, 2.45) is 12.1 Å². The third-order valence-electron chi connectivity index (χ3n) is 2.12. The molecule has 0 bridgehead atoms. The van der Waals surface area contributed by atoms with Gasteiger partial charge in [-0.1, -0.05) is 42.1 Å². The molecule has 0 unspecified atom stereocenters. The maximum absolute atomic E-state index is 11.5. The number of tetrazole rings is 1. The number of aryl methyl sites for hydroxylation is 1. The Labute approximate surface area is 114 Å². The number of hydrazone groups is 1. The molecular formula is C11H12N6OS. The van der Waals surface area contributed by atoms with Crippen molar-refractivity contribution in [3.8, 4) is 0 Å². The van der Waals surface area contributed by atoms with Crippen LogP contribution in [0, 0.1) is 0 Å². The van der Waals surface area contributed by atoms with Gasteiger partial charge in [0.2, 0.25) is 5.16 Å². The largest absolute Gasteiger partial charge is 0.272 e. The molecule has 0 aliphatic heterocycles. The Morgan fingerprint density at radius 2 is 2.26 bits per heavy atom. The molecular weight excluding hydrogens is 264 g/mol. The predicted octanol–water partition coefficient (Wildman–Crippen LogP) is 0.452. The van der Waals surface area contributed by atoms with Crippen LogP contribution in [0.5, 0.6) is 0 Å². The number of aromatic nitrogens is 4. The van der Waals surface area contributed by atoms with Crippen molar-refractivity contribution in [2.75, 3.05) is 5.75 Å². The normalized spacial score (nSPS) is 10.8. The molecule has 1 N–H and O–H groups in total. The first-order valence-corrected chi connectivity index (χ1v) is 6.46. The Morgan fingerprint density at radius 1 is 1.47 bits per heavy atom. The maximum atomic E-state index is 11.5. The van der Waals surface area contributed by atoms with Crippen molar-refractivity contribution in [3.05, 3.63) is 35.9 Å². The Balaban J connectivity index is 1.76. The minimum absolute atomic E-state index is 0.208. The lowest BCUT2D eigenvalue weighted by Crippen LogP contribution is -2.19. The summed E-state index contributed by atoms with van der Waals surface area (Å²) in [4.78, 5) is 11.5. The molecule has 1 amide bonds. The number of hydrogen-bond acceptors (Lipinski definition) is 6. The Hall–Kier alpha value is -2.22. The highest BCUT2D eigenvalue weighted by molar-refractivity contribution is 7.99. The van der Waals surface area contributed by atoms with Gasteiger partial charge in [-0.15, -0.1) is 5.10 Å². The average molecular weight is 276 g/mol. The zero-order chi connectivity index (χ0) is 13.5. The topological polar surface area (TPSA) is 85.1 Å². The first-order chi connectivity index (χ1) is 9.25. The van der Waals surface area contributed by atoms with Crippen LogP contribution in [0.25, 0.3) is 0 Å². The van der Waals surface area contributed by atoms with Gasteiger partial charge in [0.15, 0.2) is 0 Å². The second-order valence-electron chi connectivity index (χ2n) is 3.58. The lowest BCUT2D eigenvalue weighted by Gasteiger charge is -1.98. The highest BCUT2D eigenvalue weighted by Crippen LogP contribution is 2.11. The van der Waals surface area contributed by atoms with Crippen LogP contribution < -0.4 is 5.43 Å². The molecule has 0 saturated carbocycles. The number of nitrogens with zero attached hydrogens (tertiary/aromatic N) is 5. The molecule has 2 aromatic rings. The van der Waals surface area contributed by atoms with Crippen LogP contribution >= 0.6 is 11.8 Å². The molecule has 0 radical (unpaired) electrons. The van der Waals surface area contributed by atoms with Crippen LogP contribution in [0.4, 0.5) is 0 Å². The van der Waals surface area contributed by atoms with Gasteiger partial charge in [-0.3, -0.25) is 4.79 Å². The summed E-state index contributed by atoms with van der Waals surface area (Å²) in [5.41, 5.74) is 3.37. The van der Waals surface area contributed by atoms with Crippen LogP contribution in [0.2, 0.25) is 0 Å². The summed E-state index contributed by atoms with van der Waals surface area (Å²) < 4.78 is 1.51. The van der Waals surface area contributed by atoms with Crippen molar-refractivity contribution >= 4 is 23.9 Å². The van der Waals surface area contributed by atoms with Crippen molar-refractivity contribution in [1.29, 1.82) is 0 Å². The molecule has 0 spiro atoms. The first kappa shape index (κ1) is 13.2. The molecule has 1 aromatic carbocycles. The van der Waals surface area contributed by atoms with E-state index in [1.807, 2.05) is 30.3 Å². The molecule has 0 fully saturated rings. The molecule has 7 nitrogen and oxygen atoms in total. The minimum Gasteiger partial charge on any atom is -0.272 e. The molecule has 2 rings (SSSR count). The van der Waals surface area contributed by atoms with E-state index in [1.165, 1.54) is 16.4 Å². The molecule has 98 valence electrons. The molecule has 0 aliphatic rings. The van der Waals surface area contributed by atoms with Crippen LogP contribution in [0.1, 0.15) is 5.56 Å². The van der Waals surface area contributed by atoms with Crippen LogP contribution in [0.15, 0.2) is 40.6 Å². The molecule has 0 saturated heterocycles. The van der Waals surface area contributed by atoms with Gasteiger partial charge in [-0.05, 0) is 16.0 Å². The number of carbonyl (C=O) groups is 1. The van der Waals surface area contributed by atoms with Gasteiger partial charge < -0.3 is 0 Å². The minimum atomic E-state index is -0.208. The monoisotopic (exact) mass is 276 g/mol. The van der Waals surface area contributed by atoms with Crippen molar-refractivity contribution in [2.45, 2.75) is 5.16 Å². The SMILES string of the molecule is Cn1nnnc1SCC(=O)N/N=C/c1ccccc1. The second kappa shape index (κ2) is 6.64. The molecule has 1 heterocycles. The third-order valence-corrected chi connectivity index (χ3v) is 3.13. The summed E-state index contributed by atoms with van der Waals surface area (Å²) in [6.07, 6.45) is 1.59. The van der Waals surface area contributed by atoms with E-state index in [9.17, 15) is 4.79 Å². The summed E-state index contributed by atoms with van der Waals surface area (Å²) in [6, 6.07) is 9.52. The fraction of sp³-hybridized carbons (Fsp3) is 0.182. The van der Waals surface area contributed by atoms with Crippen LogP contribution in [-0.2, 0) is 11.8 Å². The number of nitrogens with one attached hydrogen (secondary N) is 1. The van der Waals surface area contributed by atoms with E-state index in [-0.39, 0.29) is 11.7 Å². The number of carbonyl (C=O) groups excluding carboxylic acids is 1. The highest BCUT2D eigenvalue weighted by atomic mass is 32.2. The third kappa shape index (κ3) is 4.18.